The highest BCUT2D eigenvalue weighted by molar-refractivity contribution is 5.60. The SMILES string of the molecule is CN1CC[C@H](CC=O)c2ccccc21. The highest BCUT2D eigenvalue weighted by Gasteiger charge is 2.21. The molecule has 0 amide bonds. The van der Waals surface area contributed by atoms with E-state index >= 15 is 0 Å². The summed E-state index contributed by atoms with van der Waals surface area (Å²) in [5.41, 5.74) is 2.61. The molecule has 0 bridgehead atoms. The average molecular weight is 189 g/mol. The van der Waals surface area contributed by atoms with Crippen LogP contribution in [-0.2, 0) is 4.79 Å². The van der Waals surface area contributed by atoms with Crippen molar-refractivity contribution in [2.75, 3.05) is 18.5 Å². The second-order valence-electron chi connectivity index (χ2n) is 3.87. The van der Waals surface area contributed by atoms with Crippen LogP contribution in [0.25, 0.3) is 0 Å². The number of hydrogen-bond acceptors (Lipinski definition) is 2. The van der Waals surface area contributed by atoms with Gasteiger partial charge in [0, 0.05) is 25.7 Å². The van der Waals surface area contributed by atoms with Crippen molar-refractivity contribution in [3.8, 4) is 0 Å². The first-order valence-corrected chi connectivity index (χ1v) is 5.06. The molecule has 0 fully saturated rings. The minimum Gasteiger partial charge on any atom is -0.374 e. The normalized spacial score (nSPS) is 20.4. The fourth-order valence-corrected chi connectivity index (χ4v) is 2.17. The minimum atomic E-state index is 0.430. The second-order valence-corrected chi connectivity index (χ2v) is 3.87. The molecule has 0 saturated heterocycles. The smallest absolute Gasteiger partial charge is 0.120 e. The van der Waals surface area contributed by atoms with E-state index in [2.05, 4.69) is 36.2 Å². The molecule has 74 valence electrons. The van der Waals surface area contributed by atoms with Gasteiger partial charge in [-0.3, -0.25) is 0 Å². The zero-order valence-corrected chi connectivity index (χ0v) is 8.44. The summed E-state index contributed by atoms with van der Waals surface area (Å²) in [4.78, 5) is 12.8. The van der Waals surface area contributed by atoms with Gasteiger partial charge in [0.05, 0.1) is 0 Å². The number of carbonyl (C=O) groups is 1. The predicted octanol–water partition coefficient (Wildman–Crippen LogP) is 2.20. The van der Waals surface area contributed by atoms with Gasteiger partial charge in [0.15, 0.2) is 0 Å². The summed E-state index contributed by atoms with van der Waals surface area (Å²) in [6.07, 6.45) is 2.78. The molecule has 0 spiro atoms. The van der Waals surface area contributed by atoms with Crippen LogP contribution in [0.15, 0.2) is 24.3 Å². The van der Waals surface area contributed by atoms with Crippen LogP contribution >= 0.6 is 0 Å². The summed E-state index contributed by atoms with van der Waals surface area (Å²) in [6.45, 7) is 1.05. The zero-order chi connectivity index (χ0) is 9.97. The molecule has 0 unspecified atom stereocenters. The van der Waals surface area contributed by atoms with Gasteiger partial charge in [0.25, 0.3) is 0 Å². The Kier molecular flexibility index (Phi) is 2.53. The Hall–Kier alpha value is -1.31. The Bertz CT molecular complexity index is 335. The molecule has 1 aromatic carbocycles. The average Bonchev–Trinajstić information content (AvgIpc) is 2.23. The fraction of sp³-hybridized carbons (Fsp3) is 0.417. The van der Waals surface area contributed by atoms with Crippen molar-refractivity contribution in [3.63, 3.8) is 0 Å². The number of fused-ring (bicyclic) bond motifs is 1. The van der Waals surface area contributed by atoms with Gasteiger partial charge in [-0.1, -0.05) is 18.2 Å². The monoisotopic (exact) mass is 189 g/mol. The Morgan fingerprint density at radius 2 is 2.29 bits per heavy atom. The first kappa shape index (κ1) is 9.25. The number of carbonyl (C=O) groups excluding carboxylic acids is 1. The van der Waals surface area contributed by atoms with Crippen LogP contribution in [0, 0.1) is 0 Å². The van der Waals surface area contributed by atoms with Crippen molar-refractivity contribution in [1.29, 1.82) is 0 Å². The quantitative estimate of drug-likeness (QED) is 0.665. The summed E-state index contributed by atoms with van der Waals surface area (Å²) >= 11 is 0. The minimum absolute atomic E-state index is 0.430. The Labute approximate surface area is 84.5 Å². The van der Waals surface area contributed by atoms with Crippen molar-refractivity contribution >= 4 is 12.0 Å². The van der Waals surface area contributed by atoms with Crippen LogP contribution in [-0.4, -0.2) is 19.9 Å². The summed E-state index contributed by atoms with van der Waals surface area (Å²) in [5, 5.41) is 0. The van der Waals surface area contributed by atoms with E-state index in [4.69, 9.17) is 0 Å². The molecule has 2 rings (SSSR count). The van der Waals surface area contributed by atoms with Gasteiger partial charge >= 0.3 is 0 Å². The molecule has 0 N–H and O–H groups in total. The molecule has 1 aliphatic rings. The topological polar surface area (TPSA) is 20.3 Å². The van der Waals surface area contributed by atoms with Crippen LogP contribution in [0.2, 0.25) is 0 Å². The van der Waals surface area contributed by atoms with Crippen molar-refractivity contribution in [2.45, 2.75) is 18.8 Å². The molecule has 14 heavy (non-hydrogen) atoms. The van der Waals surface area contributed by atoms with Crippen LogP contribution in [0.4, 0.5) is 5.69 Å². The number of anilines is 1. The molecule has 0 radical (unpaired) electrons. The molecule has 1 atom stereocenters. The van der Waals surface area contributed by atoms with E-state index in [9.17, 15) is 4.79 Å². The van der Waals surface area contributed by atoms with Crippen molar-refractivity contribution in [3.05, 3.63) is 29.8 Å². The van der Waals surface area contributed by atoms with Crippen LogP contribution in [0.3, 0.4) is 0 Å². The number of aldehydes is 1. The van der Waals surface area contributed by atoms with Crippen molar-refractivity contribution in [1.82, 2.24) is 0 Å². The Morgan fingerprint density at radius 1 is 1.50 bits per heavy atom. The van der Waals surface area contributed by atoms with E-state index < -0.39 is 0 Å². The molecule has 1 aromatic rings. The van der Waals surface area contributed by atoms with Crippen LogP contribution in [0.5, 0.6) is 0 Å². The lowest BCUT2D eigenvalue weighted by molar-refractivity contribution is -0.108. The molecular weight excluding hydrogens is 174 g/mol. The first-order chi connectivity index (χ1) is 6.83. The number of rotatable bonds is 2. The molecule has 1 heterocycles. The molecule has 0 aromatic heterocycles. The van der Waals surface area contributed by atoms with Crippen molar-refractivity contribution in [2.24, 2.45) is 0 Å². The third-order valence-electron chi connectivity index (χ3n) is 2.98. The lowest BCUT2D eigenvalue weighted by atomic mass is 9.88. The van der Waals surface area contributed by atoms with Crippen LogP contribution < -0.4 is 4.90 Å². The second kappa shape index (κ2) is 3.82. The van der Waals surface area contributed by atoms with Gasteiger partial charge in [-0.05, 0) is 24.0 Å². The largest absolute Gasteiger partial charge is 0.374 e. The Morgan fingerprint density at radius 3 is 3.07 bits per heavy atom. The maximum Gasteiger partial charge on any atom is 0.120 e. The number of nitrogens with zero attached hydrogens (tertiary/aromatic N) is 1. The molecule has 0 saturated carbocycles. The van der Waals surface area contributed by atoms with E-state index in [0.717, 1.165) is 19.3 Å². The summed E-state index contributed by atoms with van der Waals surface area (Å²) in [5.74, 6) is 0.430. The Balaban J connectivity index is 2.36. The molecule has 1 aliphatic heterocycles. The van der Waals surface area contributed by atoms with Crippen molar-refractivity contribution < 1.29 is 4.79 Å². The van der Waals surface area contributed by atoms with E-state index in [1.165, 1.54) is 11.3 Å². The maximum absolute atomic E-state index is 10.6. The van der Waals surface area contributed by atoms with Gasteiger partial charge in [-0.2, -0.15) is 0 Å². The number of benzene rings is 1. The van der Waals surface area contributed by atoms with Crippen LogP contribution in [0.1, 0.15) is 24.3 Å². The molecular formula is C12H15NO. The molecule has 0 aliphatic carbocycles. The van der Waals surface area contributed by atoms with E-state index in [1.807, 2.05) is 0 Å². The highest BCUT2D eigenvalue weighted by atomic mass is 16.1. The third-order valence-corrected chi connectivity index (χ3v) is 2.98. The number of hydrogen-bond donors (Lipinski definition) is 0. The highest BCUT2D eigenvalue weighted by Crippen LogP contribution is 2.35. The maximum atomic E-state index is 10.6. The van der Waals surface area contributed by atoms with E-state index in [0.29, 0.717) is 12.3 Å². The van der Waals surface area contributed by atoms with E-state index in [-0.39, 0.29) is 0 Å². The van der Waals surface area contributed by atoms with Gasteiger partial charge in [0.2, 0.25) is 0 Å². The van der Waals surface area contributed by atoms with Gasteiger partial charge in [0.1, 0.15) is 6.29 Å². The molecule has 2 nitrogen and oxygen atoms in total. The lowest BCUT2D eigenvalue weighted by Crippen LogP contribution is -2.27. The third kappa shape index (κ3) is 1.52. The summed E-state index contributed by atoms with van der Waals surface area (Å²) < 4.78 is 0. The number of para-hydroxylation sites is 1. The van der Waals surface area contributed by atoms with Gasteiger partial charge in [-0.25, -0.2) is 0 Å². The van der Waals surface area contributed by atoms with Gasteiger partial charge in [-0.15, -0.1) is 0 Å². The predicted molar refractivity (Wildman–Crippen MR) is 57.8 cm³/mol. The first-order valence-electron chi connectivity index (χ1n) is 5.06. The van der Waals surface area contributed by atoms with E-state index in [1.54, 1.807) is 0 Å². The fourth-order valence-electron chi connectivity index (χ4n) is 2.17. The summed E-state index contributed by atoms with van der Waals surface area (Å²) in [6, 6.07) is 8.37. The standard InChI is InChI=1S/C12H15NO/c1-13-8-6-10(7-9-14)11-4-2-3-5-12(11)13/h2-5,9-10H,6-8H2,1H3/t10-/m1/s1. The lowest BCUT2D eigenvalue weighted by Gasteiger charge is -2.32. The zero-order valence-electron chi connectivity index (χ0n) is 8.44. The molecule has 2 heteroatoms. The van der Waals surface area contributed by atoms with Gasteiger partial charge < -0.3 is 9.69 Å². The summed E-state index contributed by atoms with van der Waals surface area (Å²) in [7, 11) is 2.11.